The Morgan fingerprint density at radius 1 is 1.25 bits per heavy atom. The second-order valence-corrected chi connectivity index (χ2v) is 7.12. The number of piperazine rings is 1. The summed E-state index contributed by atoms with van der Waals surface area (Å²) in [5.74, 6) is 0.500. The van der Waals surface area contributed by atoms with E-state index in [0.29, 0.717) is 18.9 Å². The monoisotopic (exact) mass is 282 g/mol. The average Bonchev–Trinajstić information content (AvgIpc) is 2.31. The molecule has 4 heteroatoms. The Bertz CT molecular complexity index is 360. The molecule has 4 nitrogen and oxygen atoms in total. The molecule has 3 unspecified atom stereocenters. The first-order chi connectivity index (χ1) is 9.22. The summed E-state index contributed by atoms with van der Waals surface area (Å²) < 4.78 is 0. The predicted octanol–water partition coefficient (Wildman–Crippen LogP) is 2.57. The molecule has 0 spiro atoms. The van der Waals surface area contributed by atoms with Crippen LogP contribution in [-0.4, -0.2) is 35.3 Å². The lowest BCUT2D eigenvalue weighted by Gasteiger charge is -2.45. The van der Waals surface area contributed by atoms with Gasteiger partial charge in [-0.15, -0.1) is 0 Å². The molecule has 0 aliphatic carbocycles. The first-order valence-electron chi connectivity index (χ1n) is 7.83. The van der Waals surface area contributed by atoms with Gasteiger partial charge in [-0.1, -0.05) is 48.0 Å². The molecule has 1 aliphatic heterocycles. The van der Waals surface area contributed by atoms with Gasteiger partial charge in [0.05, 0.1) is 0 Å². The Kier molecular flexibility index (Phi) is 5.60. The van der Waals surface area contributed by atoms with Crippen LogP contribution in [0, 0.1) is 11.3 Å². The molecule has 1 aliphatic rings. The molecule has 0 saturated carbocycles. The summed E-state index contributed by atoms with van der Waals surface area (Å²) in [6, 6.07) is -0.716. The fraction of sp³-hybridized carbons (Fsp3) is 0.875. The van der Waals surface area contributed by atoms with Gasteiger partial charge in [0, 0.05) is 6.54 Å². The topological polar surface area (TPSA) is 49.4 Å². The number of nitrogens with zero attached hydrogens (tertiary/aromatic N) is 1. The third kappa shape index (κ3) is 3.74. The van der Waals surface area contributed by atoms with Crippen molar-refractivity contribution in [2.45, 2.75) is 72.9 Å². The molecule has 1 N–H and O–H groups in total. The largest absolute Gasteiger partial charge is 0.342 e. The molecule has 0 aromatic rings. The quantitative estimate of drug-likeness (QED) is 0.842. The summed E-state index contributed by atoms with van der Waals surface area (Å²) in [7, 11) is 0. The van der Waals surface area contributed by atoms with Gasteiger partial charge in [0.15, 0.2) is 0 Å². The Morgan fingerprint density at radius 2 is 1.85 bits per heavy atom. The van der Waals surface area contributed by atoms with Crippen molar-refractivity contribution in [2.24, 2.45) is 11.3 Å². The molecule has 0 radical (unpaired) electrons. The third-order valence-electron chi connectivity index (χ3n) is 3.98. The number of carbonyl (C=O) groups is 2. The van der Waals surface area contributed by atoms with Crippen LogP contribution in [0.5, 0.6) is 0 Å². The van der Waals surface area contributed by atoms with E-state index < -0.39 is 0 Å². The highest BCUT2D eigenvalue weighted by atomic mass is 16.2. The number of nitrogens with one attached hydrogen (secondary N) is 1. The molecule has 1 saturated heterocycles. The van der Waals surface area contributed by atoms with E-state index in [1.165, 1.54) is 0 Å². The third-order valence-corrected chi connectivity index (χ3v) is 3.98. The summed E-state index contributed by atoms with van der Waals surface area (Å²) in [6.45, 7) is 13.0. The van der Waals surface area contributed by atoms with Gasteiger partial charge in [-0.3, -0.25) is 9.59 Å². The lowest BCUT2D eigenvalue weighted by molar-refractivity contribution is -0.154. The minimum absolute atomic E-state index is 0.00681. The molecule has 116 valence electrons. The van der Waals surface area contributed by atoms with Crippen LogP contribution in [0.1, 0.15) is 60.8 Å². The van der Waals surface area contributed by atoms with Crippen LogP contribution in [0.15, 0.2) is 0 Å². The maximum atomic E-state index is 12.6. The summed E-state index contributed by atoms with van der Waals surface area (Å²) >= 11 is 0. The van der Waals surface area contributed by atoms with E-state index >= 15 is 0 Å². The van der Waals surface area contributed by atoms with Crippen LogP contribution in [0.25, 0.3) is 0 Å². The van der Waals surface area contributed by atoms with Crippen molar-refractivity contribution in [3.05, 3.63) is 0 Å². The molecular formula is C16H30N2O2. The van der Waals surface area contributed by atoms with E-state index in [4.69, 9.17) is 0 Å². The van der Waals surface area contributed by atoms with Gasteiger partial charge in [0.25, 0.3) is 0 Å². The zero-order chi connectivity index (χ0) is 15.5. The number of hydrogen-bond acceptors (Lipinski definition) is 2. The number of rotatable bonds is 5. The normalized spacial score (nSPS) is 25.6. The molecule has 0 aromatic heterocycles. The molecule has 20 heavy (non-hydrogen) atoms. The Morgan fingerprint density at radius 3 is 2.30 bits per heavy atom. The molecule has 0 aromatic carbocycles. The summed E-state index contributed by atoms with van der Waals surface area (Å²) in [6.07, 6.45) is 2.84. The Hall–Kier alpha value is -1.06. The van der Waals surface area contributed by atoms with E-state index in [0.717, 1.165) is 12.8 Å². The number of carbonyl (C=O) groups excluding carboxylic acids is 2. The van der Waals surface area contributed by atoms with Gasteiger partial charge >= 0.3 is 0 Å². The van der Waals surface area contributed by atoms with Crippen molar-refractivity contribution < 1.29 is 9.59 Å². The number of amides is 2. The lowest BCUT2D eigenvalue weighted by atomic mass is 9.82. The summed E-state index contributed by atoms with van der Waals surface area (Å²) in [4.78, 5) is 26.8. The summed E-state index contributed by atoms with van der Waals surface area (Å²) in [5, 5.41) is 2.88. The van der Waals surface area contributed by atoms with Gasteiger partial charge in [-0.05, 0) is 24.2 Å². The predicted molar refractivity (Wildman–Crippen MR) is 81.2 cm³/mol. The molecule has 1 fully saturated rings. The summed E-state index contributed by atoms with van der Waals surface area (Å²) in [5.41, 5.74) is -0.246. The average molecular weight is 282 g/mol. The number of hydrogen-bond donors (Lipinski definition) is 1. The molecule has 1 rings (SSSR count). The van der Waals surface area contributed by atoms with Crippen molar-refractivity contribution in [1.82, 2.24) is 10.2 Å². The van der Waals surface area contributed by atoms with Gasteiger partial charge in [-0.25, -0.2) is 0 Å². The standard InChI is InChI=1S/C16H30N2O2/c1-7-9-11(3)10-18-13(16(4,5)6)14(19)17-12(8-2)15(18)20/h11-13H,7-10H2,1-6H3,(H,17,19). The van der Waals surface area contributed by atoms with E-state index in [1.807, 2.05) is 32.6 Å². The highest BCUT2D eigenvalue weighted by Gasteiger charge is 2.45. The fourth-order valence-corrected chi connectivity index (χ4v) is 3.03. The van der Waals surface area contributed by atoms with Crippen LogP contribution in [-0.2, 0) is 9.59 Å². The molecule has 0 bridgehead atoms. The van der Waals surface area contributed by atoms with Crippen molar-refractivity contribution in [3.63, 3.8) is 0 Å². The van der Waals surface area contributed by atoms with E-state index in [9.17, 15) is 9.59 Å². The SMILES string of the molecule is CCCC(C)CN1C(=O)C(CC)NC(=O)C1C(C)(C)C. The van der Waals surface area contributed by atoms with Gasteiger partial charge < -0.3 is 10.2 Å². The van der Waals surface area contributed by atoms with Gasteiger partial charge in [0.1, 0.15) is 12.1 Å². The van der Waals surface area contributed by atoms with Crippen molar-refractivity contribution in [2.75, 3.05) is 6.54 Å². The van der Waals surface area contributed by atoms with Crippen molar-refractivity contribution in [3.8, 4) is 0 Å². The van der Waals surface area contributed by atoms with Crippen LogP contribution in [0.2, 0.25) is 0 Å². The zero-order valence-electron chi connectivity index (χ0n) is 13.8. The van der Waals surface area contributed by atoms with Crippen LogP contribution in [0.3, 0.4) is 0 Å². The van der Waals surface area contributed by atoms with E-state index in [2.05, 4.69) is 19.2 Å². The van der Waals surface area contributed by atoms with Crippen LogP contribution >= 0.6 is 0 Å². The van der Waals surface area contributed by atoms with Gasteiger partial charge in [0.2, 0.25) is 11.8 Å². The maximum Gasteiger partial charge on any atom is 0.245 e. The highest BCUT2D eigenvalue weighted by Crippen LogP contribution is 2.29. The van der Waals surface area contributed by atoms with Crippen molar-refractivity contribution >= 4 is 11.8 Å². The van der Waals surface area contributed by atoms with Crippen LogP contribution in [0.4, 0.5) is 0 Å². The molecule has 1 heterocycles. The minimum atomic E-state index is -0.364. The highest BCUT2D eigenvalue weighted by molar-refractivity contribution is 5.97. The molecular weight excluding hydrogens is 252 g/mol. The first-order valence-corrected chi connectivity index (χ1v) is 7.83. The van der Waals surface area contributed by atoms with Gasteiger partial charge in [-0.2, -0.15) is 0 Å². The first kappa shape index (κ1) is 17.0. The Balaban J connectivity index is 3.00. The van der Waals surface area contributed by atoms with E-state index in [-0.39, 0.29) is 29.3 Å². The maximum absolute atomic E-state index is 12.6. The molecule has 3 atom stereocenters. The fourth-order valence-electron chi connectivity index (χ4n) is 3.03. The smallest absolute Gasteiger partial charge is 0.245 e. The second-order valence-electron chi connectivity index (χ2n) is 7.12. The van der Waals surface area contributed by atoms with Crippen LogP contribution < -0.4 is 5.32 Å². The van der Waals surface area contributed by atoms with Crippen molar-refractivity contribution in [1.29, 1.82) is 0 Å². The zero-order valence-corrected chi connectivity index (χ0v) is 13.8. The molecule has 2 amide bonds. The minimum Gasteiger partial charge on any atom is -0.342 e. The van der Waals surface area contributed by atoms with E-state index in [1.54, 1.807) is 0 Å². The Labute approximate surface area is 123 Å². The second kappa shape index (κ2) is 6.59. The lowest BCUT2D eigenvalue weighted by Crippen LogP contribution is -2.67.